The van der Waals surface area contributed by atoms with Gasteiger partial charge in [0.15, 0.2) is 0 Å². The molecule has 0 aromatic heterocycles. The molecule has 0 nitrogen and oxygen atoms in total. The summed E-state index contributed by atoms with van der Waals surface area (Å²) >= 11 is 0. The standard InChI is InChI=1S/C54H40/c1-53(2)47-24-13-12-18-38(47)46-29-34-17-14-23-37(45(34)32-50(46)53)35-25-27-39-40-28-26-36(31-49(40)54(3,4)48(39)30-35)52-43-21-10-8-19-41(43)51(33-15-6-5-7-16-33)42-20-9-11-22-44(42)52/h5-32H,1-4H3. The topological polar surface area (TPSA) is 0 Å². The monoisotopic (exact) mass is 688 g/mol. The predicted molar refractivity (Wildman–Crippen MR) is 230 cm³/mol. The van der Waals surface area contributed by atoms with Crippen LogP contribution in [0.5, 0.6) is 0 Å². The van der Waals surface area contributed by atoms with E-state index in [4.69, 9.17) is 0 Å². The number of rotatable bonds is 3. The van der Waals surface area contributed by atoms with E-state index in [0.717, 1.165) is 0 Å². The molecule has 0 saturated heterocycles. The molecule has 0 atom stereocenters. The van der Waals surface area contributed by atoms with Gasteiger partial charge in [0.2, 0.25) is 0 Å². The van der Waals surface area contributed by atoms with Crippen molar-refractivity contribution < 1.29 is 0 Å². The Morgan fingerprint density at radius 3 is 1.43 bits per heavy atom. The fraction of sp³-hybridized carbons (Fsp3) is 0.111. The molecule has 0 N–H and O–H groups in total. The molecule has 0 bridgehead atoms. The molecule has 9 aromatic carbocycles. The Morgan fingerprint density at radius 2 is 0.759 bits per heavy atom. The minimum absolute atomic E-state index is 0.0367. The fourth-order valence-corrected chi connectivity index (χ4v) is 10.1. The molecule has 54 heavy (non-hydrogen) atoms. The van der Waals surface area contributed by atoms with Crippen LogP contribution in [0.25, 0.3) is 88.0 Å². The zero-order chi connectivity index (χ0) is 36.3. The van der Waals surface area contributed by atoms with Crippen molar-refractivity contribution in [2.45, 2.75) is 38.5 Å². The molecule has 0 heteroatoms. The first-order valence-corrected chi connectivity index (χ1v) is 19.3. The van der Waals surface area contributed by atoms with E-state index < -0.39 is 0 Å². The Kier molecular flexibility index (Phi) is 6.46. The second-order valence-electron chi connectivity index (χ2n) is 16.4. The molecule has 9 aromatic rings. The van der Waals surface area contributed by atoms with Crippen molar-refractivity contribution in [3.63, 3.8) is 0 Å². The van der Waals surface area contributed by atoms with Gasteiger partial charge in [-0.1, -0.05) is 173 Å². The smallest absolute Gasteiger partial charge is 0.0159 e. The number of hydrogen-bond acceptors (Lipinski definition) is 0. The minimum Gasteiger partial charge on any atom is -0.0622 e. The van der Waals surface area contributed by atoms with Gasteiger partial charge in [-0.05, 0) is 134 Å². The van der Waals surface area contributed by atoms with Gasteiger partial charge < -0.3 is 0 Å². The molecule has 0 heterocycles. The van der Waals surface area contributed by atoms with Crippen LogP contribution in [0.2, 0.25) is 0 Å². The molecular formula is C54H40. The van der Waals surface area contributed by atoms with Crippen LogP contribution in [0.15, 0.2) is 170 Å². The van der Waals surface area contributed by atoms with E-state index in [1.807, 2.05) is 0 Å². The lowest BCUT2D eigenvalue weighted by atomic mass is 9.79. The number of fused-ring (bicyclic) bond motifs is 9. The first-order chi connectivity index (χ1) is 26.3. The zero-order valence-corrected chi connectivity index (χ0v) is 31.2. The van der Waals surface area contributed by atoms with Gasteiger partial charge in [0.05, 0.1) is 0 Å². The first kappa shape index (κ1) is 31.3. The summed E-state index contributed by atoms with van der Waals surface area (Å²) < 4.78 is 0. The van der Waals surface area contributed by atoms with Gasteiger partial charge in [0.1, 0.15) is 0 Å². The number of hydrogen-bond donors (Lipinski definition) is 0. The van der Waals surface area contributed by atoms with Crippen molar-refractivity contribution in [2.75, 3.05) is 0 Å². The minimum atomic E-state index is -0.165. The maximum atomic E-state index is 2.49. The van der Waals surface area contributed by atoms with Gasteiger partial charge in [-0.3, -0.25) is 0 Å². The van der Waals surface area contributed by atoms with Crippen LogP contribution < -0.4 is 0 Å². The van der Waals surface area contributed by atoms with Crippen LogP contribution in [-0.2, 0) is 10.8 Å². The third-order valence-corrected chi connectivity index (χ3v) is 12.9. The Bertz CT molecular complexity index is 2970. The average molecular weight is 689 g/mol. The molecule has 0 aliphatic heterocycles. The molecular weight excluding hydrogens is 649 g/mol. The van der Waals surface area contributed by atoms with Crippen molar-refractivity contribution >= 4 is 32.3 Å². The second-order valence-corrected chi connectivity index (χ2v) is 16.4. The highest BCUT2D eigenvalue weighted by Crippen LogP contribution is 2.54. The molecule has 0 spiro atoms. The Morgan fingerprint density at radius 1 is 0.278 bits per heavy atom. The van der Waals surface area contributed by atoms with Gasteiger partial charge in [-0.2, -0.15) is 0 Å². The van der Waals surface area contributed by atoms with Gasteiger partial charge in [-0.15, -0.1) is 0 Å². The van der Waals surface area contributed by atoms with Crippen LogP contribution in [0, 0.1) is 0 Å². The zero-order valence-electron chi connectivity index (χ0n) is 31.2. The summed E-state index contributed by atoms with van der Waals surface area (Å²) in [6, 6.07) is 63.9. The van der Waals surface area contributed by atoms with E-state index in [1.54, 1.807) is 0 Å². The molecule has 11 rings (SSSR count). The summed E-state index contributed by atoms with van der Waals surface area (Å²) in [5.74, 6) is 0. The molecule has 0 fully saturated rings. The highest BCUT2D eigenvalue weighted by molar-refractivity contribution is 6.21. The van der Waals surface area contributed by atoms with Gasteiger partial charge in [0, 0.05) is 10.8 Å². The summed E-state index contributed by atoms with van der Waals surface area (Å²) in [5.41, 5.74) is 18.6. The van der Waals surface area contributed by atoms with E-state index in [0.29, 0.717) is 0 Å². The summed E-state index contributed by atoms with van der Waals surface area (Å²) in [7, 11) is 0. The highest BCUT2D eigenvalue weighted by atomic mass is 14.4. The second kappa shape index (κ2) is 11.1. The third kappa shape index (κ3) is 4.26. The van der Waals surface area contributed by atoms with E-state index >= 15 is 0 Å². The maximum absolute atomic E-state index is 2.49. The molecule has 0 amide bonds. The SMILES string of the molecule is CC1(C)c2cc(-c3cccc4cc5c(cc34)C(C)(C)c3ccccc3-5)ccc2-c2ccc(-c3c4ccccc4c(-c4ccccc4)c4ccccc34)cc21. The van der Waals surface area contributed by atoms with Crippen LogP contribution >= 0.6 is 0 Å². The van der Waals surface area contributed by atoms with Crippen molar-refractivity contribution in [2.24, 2.45) is 0 Å². The van der Waals surface area contributed by atoms with E-state index in [-0.39, 0.29) is 10.8 Å². The average Bonchev–Trinajstić information content (AvgIpc) is 3.57. The van der Waals surface area contributed by atoms with Crippen LogP contribution in [0.4, 0.5) is 0 Å². The molecule has 2 aliphatic rings. The molecule has 0 unspecified atom stereocenters. The lowest BCUT2D eigenvalue weighted by molar-refractivity contribution is 0.661. The normalized spacial score (nSPS) is 14.6. The molecule has 2 aliphatic carbocycles. The van der Waals surface area contributed by atoms with Crippen molar-refractivity contribution in [3.8, 4) is 55.6 Å². The van der Waals surface area contributed by atoms with Crippen molar-refractivity contribution in [3.05, 3.63) is 192 Å². The maximum Gasteiger partial charge on any atom is 0.0159 e. The lowest BCUT2D eigenvalue weighted by Crippen LogP contribution is -2.15. The highest BCUT2D eigenvalue weighted by Gasteiger charge is 2.37. The predicted octanol–water partition coefficient (Wildman–Crippen LogP) is 14.8. The van der Waals surface area contributed by atoms with E-state index in [9.17, 15) is 0 Å². The summed E-state index contributed by atoms with van der Waals surface area (Å²) in [6.07, 6.45) is 0. The Labute approximate surface area is 317 Å². The quantitative estimate of drug-likeness (QED) is 0.162. The third-order valence-electron chi connectivity index (χ3n) is 12.9. The first-order valence-electron chi connectivity index (χ1n) is 19.3. The Balaban J connectivity index is 1.06. The number of benzene rings is 9. The van der Waals surface area contributed by atoms with E-state index in [1.165, 1.54) is 110 Å². The van der Waals surface area contributed by atoms with Crippen LogP contribution in [0.1, 0.15) is 49.9 Å². The summed E-state index contributed by atoms with van der Waals surface area (Å²) in [4.78, 5) is 0. The molecule has 256 valence electrons. The van der Waals surface area contributed by atoms with Crippen molar-refractivity contribution in [1.29, 1.82) is 0 Å². The summed E-state index contributed by atoms with van der Waals surface area (Å²) in [5, 5.41) is 7.78. The molecule has 0 radical (unpaired) electrons. The largest absolute Gasteiger partial charge is 0.0622 e. The molecule has 0 saturated carbocycles. The van der Waals surface area contributed by atoms with Crippen LogP contribution in [-0.4, -0.2) is 0 Å². The van der Waals surface area contributed by atoms with Gasteiger partial charge in [-0.25, -0.2) is 0 Å². The Hall–Kier alpha value is -6.24. The van der Waals surface area contributed by atoms with Gasteiger partial charge >= 0.3 is 0 Å². The van der Waals surface area contributed by atoms with Crippen LogP contribution in [0.3, 0.4) is 0 Å². The van der Waals surface area contributed by atoms with E-state index in [2.05, 4.69) is 198 Å². The van der Waals surface area contributed by atoms with Gasteiger partial charge in [0.25, 0.3) is 0 Å². The summed E-state index contributed by atoms with van der Waals surface area (Å²) in [6.45, 7) is 9.57. The van der Waals surface area contributed by atoms with Crippen molar-refractivity contribution in [1.82, 2.24) is 0 Å². The fourth-order valence-electron chi connectivity index (χ4n) is 10.1. The lowest BCUT2D eigenvalue weighted by Gasteiger charge is -2.24.